The van der Waals surface area contributed by atoms with Crippen LogP contribution in [-0.4, -0.2) is 35.7 Å². The fourth-order valence-corrected chi connectivity index (χ4v) is 2.88. The first-order chi connectivity index (χ1) is 8.35. The molecule has 17 heavy (non-hydrogen) atoms. The average molecular weight is 233 g/mol. The largest absolute Gasteiger partial charge is 0.395 e. The summed E-state index contributed by atoms with van der Waals surface area (Å²) < 4.78 is 0. The van der Waals surface area contributed by atoms with E-state index in [0.29, 0.717) is 6.04 Å². The molecule has 0 amide bonds. The molecule has 1 aliphatic carbocycles. The second kappa shape index (κ2) is 6.18. The molecular weight excluding hydrogens is 210 g/mol. The molecule has 0 radical (unpaired) electrons. The van der Waals surface area contributed by atoms with Crippen molar-refractivity contribution in [1.29, 1.82) is 0 Å². The van der Waals surface area contributed by atoms with Crippen molar-refractivity contribution in [2.75, 3.05) is 19.7 Å². The minimum Gasteiger partial charge on any atom is -0.395 e. The van der Waals surface area contributed by atoms with Gasteiger partial charge in [0.1, 0.15) is 0 Å². The van der Waals surface area contributed by atoms with Crippen LogP contribution in [0.3, 0.4) is 0 Å². The van der Waals surface area contributed by atoms with Gasteiger partial charge in [-0.25, -0.2) is 0 Å². The van der Waals surface area contributed by atoms with Gasteiger partial charge in [-0.1, -0.05) is 31.2 Å². The number of benzene rings is 1. The summed E-state index contributed by atoms with van der Waals surface area (Å²) in [6, 6.07) is 9.40. The molecule has 2 rings (SSSR count). The number of aryl methyl sites for hydroxylation is 1. The van der Waals surface area contributed by atoms with E-state index in [-0.39, 0.29) is 6.61 Å². The van der Waals surface area contributed by atoms with Gasteiger partial charge >= 0.3 is 0 Å². The standard InChI is InChI=1S/C15H23NO/c1-2-9-16(10-11-17)15-8-7-13-5-3-4-6-14(13)12-15/h3-6,15,17H,2,7-12H2,1H3/t15-/m1/s1. The van der Waals surface area contributed by atoms with Crippen molar-refractivity contribution in [3.05, 3.63) is 35.4 Å². The molecule has 94 valence electrons. The molecule has 0 heterocycles. The van der Waals surface area contributed by atoms with E-state index >= 15 is 0 Å². The van der Waals surface area contributed by atoms with Gasteiger partial charge in [0.05, 0.1) is 6.61 Å². The number of rotatable bonds is 5. The molecule has 0 saturated heterocycles. The molecule has 1 atom stereocenters. The lowest BCUT2D eigenvalue weighted by Crippen LogP contribution is -2.41. The normalized spacial score (nSPS) is 19.4. The SMILES string of the molecule is CCCN(CCO)[C@@H]1CCc2ccccc2C1. The smallest absolute Gasteiger partial charge is 0.0558 e. The highest BCUT2D eigenvalue weighted by Gasteiger charge is 2.22. The zero-order valence-corrected chi connectivity index (χ0v) is 10.7. The van der Waals surface area contributed by atoms with Gasteiger partial charge in [-0.2, -0.15) is 0 Å². The number of nitrogens with zero attached hydrogens (tertiary/aromatic N) is 1. The Hall–Kier alpha value is -0.860. The lowest BCUT2D eigenvalue weighted by atomic mass is 9.87. The van der Waals surface area contributed by atoms with E-state index in [1.165, 1.54) is 24.0 Å². The van der Waals surface area contributed by atoms with E-state index in [1.54, 1.807) is 0 Å². The van der Waals surface area contributed by atoms with E-state index < -0.39 is 0 Å². The second-order valence-electron chi connectivity index (χ2n) is 4.92. The molecule has 1 aromatic rings. The van der Waals surface area contributed by atoms with Crippen LogP contribution in [0.25, 0.3) is 0 Å². The summed E-state index contributed by atoms with van der Waals surface area (Å²) in [5.41, 5.74) is 3.02. The average Bonchev–Trinajstić information content (AvgIpc) is 2.38. The lowest BCUT2D eigenvalue weighted by Gasteiger charge is -2.34. The van der Waals surface area contributed by atoms with Gasteiger partial charge < -0.3 is 5.11 Å². The van der Waals surface area contributed by atoms with Crippen molar-refractivity contribution in [3.8, 4) is 0 Å². The maximum absolute atomic E-state index is 9.15. The van der Waals surface area contributed by atoms with Crippen molar-refractivity contribution in [2.24, 2.45) is 0 Å². The van der Waals surface area contributed by atoms with Crippen molar-refractivity contribution in [1.82, 2.24) is 4.90 Å². The molecule has 0 bridgehead atoms. The first kappa shape index (κ1) is 12.6. The topological polar surface area (TPSA) is 23.5 Å². The highest BCUT2D eigenvalue weighted by molar-refractivity contribution is 5.30. The van der Waals surface area contributed by atoms with Gasteiger partial charge in [-0.3, -0.25) is 4.90 Å². The first-order valence-electron chi connectivity index (χ1n) is 6.76. The minimum atomic E-state index is 0.276. The zero-order valence-electron chi connectivity index (χ0n) is 10.7. The predicted molar refractivity (Wildman–Crippen MR) is 71.2 cm³/mol. The van der Waals surface area contributed by atoms with E-state index in [2.05, 4.69) is 36.1 Å². The van der Waals surface area contributed by atoms with Crippen LogP contribution in [-0.2, 0) is 12.8 Å². The predicted octanol–water partition coefficient (Wildman–Crippen LogP) is 2.25. The molecule has 0 aromatic heterocycles. The van der Waals surface area contributed by atoms with Crippen molar-refractivity contribution in [3.63, 3.8) is 0 Å². The third-order valence-electron chi connectivity index (χ3n) is 3.74. The number of fused-ring (bicyclic) bond motifs is 1. The summed E-state index contributed by atoms with van der Waals surface area (Å²) in [5.74, 6) is 0. The highest BCUT2D eigenvalue weighted by atomic mass is 16.3. The van der Waals surface area contributed by atoms with E-state index in [0.717, 1.165) is 25.9 Å². The summed E-state index contributed by atoms with van der Waals surface area (Å²) in [6.07, 6.45) is 4.73. The summed E-state index contributed by atoms with van der Waals surface area (Å²) in [4.78, 5) is 2.45. The Bertz CT molecular complexity index is 345. The van der Waals surface area contributed by atoms with E-state index in [4.69, 9.17) is 5.11 Å². The number of hydrogen-bond acceptors (Lipinski definition) is 2. The summed E-state index contributed by atoms with van der Waals surface area (Å²) in [6.45, 7) is 4.41. The first-order valence-corrected chi connectivity index (χ1v) is 6.76. The molecule has 2 nitrogen and oxygen atoms in total. The third-order valence-corrected chi connectivity index (χ3v) is 3.74. The number of aliphatic hydroxyl groups is 1. The fraction of sp³-hybridized carbons (Fsp3) is 0.600. The van der Waals surface area contributed by atoms with Gasteiger partial charge in [-0.05, 0) is 43.4 Å². The molecule has 1 aliphatic rings. The van der Waals surface area contributed by atoms with E-state index in [1.807, 2.05) is 0 Å². The van der Waals surface area contributed by atoms with Crippen molar-refractivity contribution >= 4 is 0 Å². The van der Waals surface area contributed by atoms with Crippen LogP contribution in [0.2, 0.25) is 0 Å². The molecule has 0 unspecified atom stereocenters. The van der Waals surface area contributed by atoms with E-state index in [9.17, 15) is 0 Å². The van der Waals surface area contributed by atoms with Gasteiger partial charge in [0, 0.05) is 12.6 Å². The molecule has 1 aromatic carbocycles. The Balaban J connectivity index is 2.04. The van der Waals surface area contributed by atoms with Gasteiger partial charge in [0.2, 0.25) is 0 Å². The monoisotopic (exact) mass is 233 g/mol. The summed E-state index contributed by atoms with van der Waals surface area (Å²) in [5, 5.41) is 9.15. The molecule has 1 N–H and O–H groups in total. The third kappa shape index (κ3) is 3.08. The Kier molecular flexibility index (Phi) is 4.57. The van der Waals surface area contributed by atoms with Gasteiger partial charge in [0.25, 0.3) is 0 Å². The molecule has 0 saturated carbocycles. The second-order valence-corrected chi connectivity index (χ2v) is 4.92. The Morgan fingerprint density at radius 1 is 1.24 bits per heavy atom. The quantitative estimate of drug-likeness (QED) is 0.843. The zero-order chi connectivity index (χ0) is 12.1. The molecule has 0 aliphatic heterocycles. The number of hydrogen-bond donors (Lipinski definition) is 1. The molecule has 0 spiro atoms. The minimum absolute atomic E-state index is 0.276. The molecule has 0 fully saturated rings. The number of aliphatic hydroxyl groups excluding tert-OH is 1. The summed E-state index contributed by atoms with van der Waals surface area (Å²) >= 11 is 0. The summed E-state index contributed by atoms with van der Waals surface area (Å²) in [7, 11) is 0. The van der Waals surface area contributed by atoms with Crippen LogP contribution >= 0.6 is 0 Å². The molecule has 2 heteroatoms. The van der Waals surface area contributed by atoms with Gasteiger partial charge in [-0.15, -0.1) is 0 Å². The van der Waals surface area contributed by atoms with Crippen LogP contribution in [0.5, 0.6) is 0 Å². The Labute approximate surface area is 104 Å². The van der Waals surface area contributed by atoms with Crippen LogP contribution < -0.4 is 0 Å². The van der Waals surface area contributed by atoms with Crippen LogP contribution in [0.1, 0.15) is 30.9 Å². The van der Waals surface area contributed by atoms with Crippen molar-refractivity contribution < 1.29 is 5.11 Å². The highest BCUT2D eigenvalue weighted by Crippen LogP contribution is 2.24. The maximum atomic E-state index is 9.15. The van der Waals surface area contributed by atoms with Crippen LogP contribution in [0.4, 0.5) is 0 Å². The maximum Gasteiger partial charge on any atom is 0.0558 e. The van der Waals surface area contributed by atoms with Crippen LogP contribution in [0.15, 0.2) is 24.3 Å². The fourth-order valence-electron chi connectivity index (χ4n) is 2.88. The Morgan fingerprint density at radius 2 is 2.00 bits per heavy atom. The van der Waals surface area contributed by atoms with Gasteiger partial charge in [0.15, 0.2) is 0 Å². The van der Waals surface area contributed by atoms with Crippen LogP contribution in [0, 0.1) is 0 Å². The molecular formula is C15H23NO. The lowest BCUT2D eigenvalue weighted by molar-refractivity contribution is 0.140. The van der Waals surface area contributed by atoms with Crippen molar-refractivity contribution in [2.45, 2.75) is 38.6 Å². The Morgan fingerprint density at radius 3 is 2.71 bits per heavy atom.